The van der Waals surface area contributed by atoms with Crippen molar-refractivity contribution in [3.05, 3.63) is 92.6 Å². The summed E-state index contributed by atoms with van der Waals surface area (Å²) in [6.07, 6.45) is 0.114. The maximum atomic E-state index is 10.3. The molecule has 8 nitrogen and oxygen atoms in total. The Labute approximate surface area is 231 Å². The number of aromatic hydroxyl groups is 1. The standard InChI is InChI=1S/C26H30INO5.C2H4O2/c27-23-3-1-2-20(14-23)18-32-12-13-33-24-7-4-19(5-8-24)10-11-28-16-26(31)21-6-9-25(30)22(15-21)17-29;1-2(3)4/h1-9,14-15,26,28-31H,10-13,16-18H2;1H3,(H,3,4)/t26-;/m0./s1. The number of halogens is 1. The maximum absolute atomic E-state index is 10.3. The number of phenols is 1. The van der Waals surface area contributed by atoms with Gasteiger partial charge in [-0.2, -0.15) is 0 Å². The Morgan fingerprint density at radius 3 is 2.43 bits per heavy atom. The Morgan fingerprint density at radius 1 is 1.03 bits per heavy atom. The number of ether oxygens (including phenoxy) is 2. The highest BCUT2D eigenvalue weighted by Gasteiger charge is 2.10. The van der Waals surface area contributed by atoms with Crippen LogP contribution in [-0.4, -0.2) is 52.7 Å². The predicted molar refractivity (Wildman–Crippen MR) is 150 cm³/mol. The van der Waals surface area contributed by atoms with Crippen LogP contribution < -0.4 is 10.1 Å². The van der Waals surface area contributed by atoms with Gasteiger partial charge in [-0.25, -0.2) is 0 Å². The summed E-state index contributed by atoms with van der Waals surface area (Å²) >= 11 is 2.29. The van der Waals surface area contributed by atoms with Crippen molar-refractivity contribution in [3.63, 3.8) is 0 Å². The number of benzene rings is 3. The number of carboxylic acid groups (broad SMARTS) is 1. The van der Waals surface area contributed by atoms with Gasteiger partial charge in [0, 0.05) is 22.6 Å². The van der Waals surface area contributed by atoms with Crippen LogP contribution >= 0.6 is 22.6 Å². The van der Waals surface area contributed by atoms with Crippen molar-refractivity contribution in [3.8, 4) is 11.5 Å². The van der Waals surface area contributed by atoms with Gasteiger partial charge in [-0.15, -0.1) is 0 Å². The summed E-state index contributed by atoms with van der Waals surface area (Å²) in [5.41, 5.74) is 3.40. The lowest BCUT2D eigenvalue weighted by molar-refractivity contribution is -0.134. The fourth-order valence-corrected chi connectivity index (χ4v) is 3.92. The summed E-state index contributed by atoms with van der Waals surface area (Å²) in [7, 11) is 0. The SMILES string of the molecule is CC(=O)O.OCc1cc([C@@H](O)CNCCc2ccc(OCCOCc3cccc(I)c3)cc2)ccc1O. The molecule has 0 aromatic heterocycles. The summed E-state index contributed by atoms with van der Waals surface area (Å²) in [5, 5.41) is 39.8. The number of aliphatic hydroxyl groups is 2. The molecule has 0 spiro atoms. The normalized spacial score (nSPS) is 11.4. The van der Waals surface area contributed by atoms with Gasteiger partial charge in [0.2, 0.25) is 0 Å². The lowest BCUT2D eigenvalue weighted by Gasteiger charge is -2.14. The number of rotatable bonds is 13. The minimum Gasteiger partial charge on any atom is -0.508 e. The molecule has 0 amide bonds. The second-order valence-electron chi connectivity index (χ2n) is 8.21. The first kappa shape index (κ1) is 30.5. The average Bonchev–Trinajstić information content (AvgIpc) is 2.87. The van der Waals surface area contributed by atoms with Gasteiger partial charge in [-0.3, -0.25) is 4.79 Å². The zero-order valence-electron chi connectivity index (χ0n) is 20.8. The summed E-state index contributed by atoms with van der Waals surface area (Å²) < 4.78 is 12.6. The van der Waals surface area contributed by atoms with Crippen LogP contribution in [0.3, 0.4) is 0 Å². The molecule has 0 saturated carbocycles. The third kappa shape index (κ3) is 12.4. The zero-order valence-corrected chi connectivity index (χ0v) is 22.9. The van der Waals surface area contributed by atoms with E-state index in [0.29, 0.717) is 44.0 Å². The molecule has 0 aliphatic heterocycles. The van der Waals surface area contributed by atoms with E-state index in [2.05, 4.69) is 46.1 Å². The largest absolute Gasteiger partial charge is 0.508 e. The van der Waals surface area contributed by atoms with Crippen molar-refractivity contribution in [2.75, 3.05) is 26.3 Å². The third-order valence-electron chi connectivity index (χ3n) is 5.16. The lowest BCUT2D eigenvalue weighted by atomic mass is 10.1. The third-order valence-corrected chi connectivity index (χ3v) is 5.84. The molecule has 3 aromatic carbocycles. The fourth-order valence-electron chi connectivity index (χ4n) is 3.32. The van der Waals surface area contributed by atoms with E-state index in [9.17, 15) is 15.3 Å². The monoisotopic (exact) mass is 623 g/mol. The van der Waals surface area contributed by atoms with Crippen molar-refractivity contribution < 1.29 is 34.7 Å². The quantitative estimate of drug-likeness (QED) is 0.143. The average molecular weight is 623 g/mol. The molecule has 9 heteroatoms. The number of hydrogen-bond donors (Lipinski definition) is 5. The van der Waals surface area contributed by atoms with Gasteiger partial charge in [0.25, 0.3) is 5.97 Å². The van der Waals surface area contributed by atoms with E-state index >= 15 is 0 Å². The van der Waals surface area contributed by atoms with E-state index in [-0.39, 0.29) is 12.4 Å². The molecule has 5 N–H and O–H groups in total. The van der Waals surface area contributed by atoms with Crippen LogP contribution in [0, 0.1) is 3.57 Å². The van der Waals surface area contributed by atoms with E-state index in [1.807, 2.05) is 30.3 Å². The lowest BCUT2D eigenvalue weighted by Crippen LogP contribution is -2.23. The number of carboxylic acids is 1. The Hall–Kier alpha value is -2.70. The number of aliphatic hydroxyl groups excluding tert-OH is 2. The highest BCUT2D eigenvalue weighted by Crippen LogP contribution is 2.22. The van der Waals surface area contributed by atoms with Gasteiger partial charge in [0.1, 0.15) is 18.1 Å². The summed E-state index contributed by atoms with van der Waals surface area (Å²) in [6, 6.07) is 21.0. The van der Waals surface area contributed by atoms with Gasteiger partial charge < -0.3 is 35.2 Å². The van der Waals surface area contributed by atoms with Gasteiger partial charge in [-0.1, -0.05) is 30.3 Å². The topological polar surface area (TPSA) is 128 Å². The van der Waals surface area contributed by atoms with Crippen LogP contribution in [0.5, 0.6) is 11.5 Å². The molecule has 0 bridgehead atoms. The molecule has 0 aliphatic rings. The number of hydrogen-bond acceptors (Lipinski definition) is 7. The van der Waals surface area contributed by atoms with Crippen LogP contribution in [0.25, 0.3) is 0 Å². The van der Waals surface area contributed by atoms with Crippen molar-refractivity contribution >= 4 is 28.6 Å². The minimum atomic E-state index is -0.833. The Bertz CT molecular complexity index is 1090. The molecule has 200 valence electrons. The van der Waals surface area contributed by atoms with E-state index < -0.39 is 12.1 Å². The molecule has 0 radical (unpaired) electrons. The number of aliphatic carboxylic acids is 1. The summed E-state index contributed by atoms with van der Waals surface area (Å²) in [4.78, 5) is 9.00. The number of nitrogens with one attached hydrogen (secondary N) is 1. The molecule has 1 atom stereocenters. The van der Waals surface area contributed by atoms with Crippen molar-refractivity contribution in [2.45, 2.75) is 32.7 Å². The van der Waals surface area contributed by atoms with Crippen molar-refractivity contribution in [1.82, 2.24) is 5.32 Å². The molecule has 0 aliphatic carbocycles. The van der Waals surface area contributed by atoms with E-state index in [0.717, 1.165) is 24.7 Å². The molecule has 0 saturated heterocycles. The first-order valence-electron chi connectivity index (χ1n) is 11.8. The van der Waals surface area contributed by atoms with Crippen LogP contribution in [0.2, 0.25) is 0 Å². The smallest absolute Gasteiger partial charge is 0.300 e. The van der Waals surface area contributed by atoms with E-state index in [1.54, 1.807) is 12.1 Å². The van der Waals surface area contributed by atoms with Crippen LogP contribution in [-0.2, 0) is 29.2 Å². The van der Waals surface area contributed by atoms with Crippen molar-refractivity contribution in [1.29, 1.82) is 0 Å². The molecular weight excluding hydrogens is 589 g/mol. The molecule has 0 heterocycles. The zero-order chi connectivity index (χ0) is 27.0. The van der Waals surface area contributed by atoms with Gasteiger partial charge in [-0.05, 0) is 88.6 Å². The fraction of sp³-hybridized carbons (Fsp3) is 0.321. The molecular formula is C28H34INO7. The highest BCUT2D eigenvalue weighted by atomic mass is 127. The second kappa shape index (κ2) is 16.9. The number of carbonyl (C=O) groups is 1. The van der Waals surface area contributed by atoms with Gasteiger partial charge in [0.05, 0.1) is 25.9 Å². The Balaban J connectivity index is 0.00000112. The second-order valence-corrected chi connectivity index (χ2v) is 9.46. The minimum absolute atomic E-state index is 0.0309. The summed E-state index contributed by atoms with van der Waals surface area (Å²) in [6.45, 7) is 3.53. The van der Waals surface area contributed by atoms with E-state index in [4.69, 9.17) is 19.4 Å². The molecule has 37 heavy (non-hydrogen) atoms. The summed E-state index contributed by atoms with van der Waals surface area (Å²) in [5.74, 6) is 0.00959. The van der Waals surface area contributed by atoms with Crippen LogP contribution in [0.15, 0.2) is 66.7 Å². The van der Waals surface area contributed by atoms with Gasteiger partial charge in [0.15, 0.2) is 0 Å². The predicted octanol–water partition coefficient (Wildman–Crippen LogP) is 4.04. The van der Waals surface area contributed by atoms with Gasteiger partial charge >= 0.3 is 0 Å². The Morgan fingerprint density at radius 2 is 1.76 bits per heavy atom. The van der Waals surface area contributed by atoms with Crippen LogP contribution in [0.1, 0.15) is 35.3 Å². The first-order valence-corrected chi connectivity index (χ1v) is 12.9. The van der Waals surface area contributed by atoms with Crippen LogP contribution in [0.4, 0.5) is 0 Å². The molecule has 3 aromatic rings. The maximum Gasteiger partial charge on any atom is 0.300 e. The molecule has 3 rings (SSSR count). The van der Waals surface area contributed by atoms with E-state index in [1.165, 1.54) is 15.2 Å². The first-order chi connectivity index (χ1) is 17.8. The molecule has 0 unspecified atom stereocenters. The highest BCUT2D eigenvalue weighted by molar-refractivity contribution is 14.1. The van der Waals surface area contributed by atoms with Crippen molar-refractivity contribution in [2.24, 2.45) is 0 Å². The Kier molecular flexibility index (Phi) is 14.0. The molecule has 0 fully saturated rings.